The number of aryl methyl sites for hydroxylation is 3. The Morgan fingerprint density at radius 1 is 0.444 bits per heavy atom. The van der Waals surface area contributed by atoms with E-state index in [1.807, 2.05) is 30.3 Å². The van der Waals surface area contributed by atoms with Crippen LogP contribution in [0.5, 0.6) is 0 Å². The number of aromatic nitrogens is 9. The zero-order chi connectivity index (χ0) is 94.8. The highest BCUT2D eigenvalue weighted by atomic mass is 16.4. The Kier molecular flexibility index (Phi) is 52.1. The number of carbonyl (C=O) groups is 7. The number of rotatable bonds is 75. The van der Waals surface area contributed by atoms with E-state index in [1.165, 1.54) is 214 Å². The maximum absolute atomic E-state index is 16.2. The molecule has 1 unspecified atom stereocenters. The molecule has 0 spiro atoms. The summed E-state index contributed by atoms with van der Waals surface area (Å²) in [5.41, 5.74) is 11.6. The highest BCUT2D eigenvalue weighted by Gasteiger charge is 2.32. The van der Waals surface area contributed by atoms with Gasteiger partial charge in [0.25, 0.3) is 5.91 Å². The molecule has 5 N–H and O–H groups in total. The molecule has 5 aromatic rings. The van der Waals surface area contributed by atoms with Crippen LogP contribution in [0.2, 0.25) is 0 Å². The second kappa shape index (κ2) is 64.0. The first-order valence-electron chi connectivity index (χ1n) is 51.8. The van der Waals surface area contributed by atoms with Crippen molar-refractivity contribution in [3.05, 3.63) is 119 Å². The van der Waals surface area contributed by atoms with Crippen LogP contribution in [-0.2, 0) is 68.0 Å². The molecule has 133 heavy (non-hydrogen) atoms. The monoisotopic (exact) mass is 1840 g/mol. The zero-order valence-electron chi connectivity index (χ0n) is 82.4. The number of anilines is 1. The van der Waals surface area contributed by atoms with Gasteiger partial charge in [-0.05, 0) is 95.8 Å². The van der Waals surface area contributed by atoms with Crippen LogP contribution in [0.4, 0.5) is 5.69 Å². The van der Waals surface area contributed by atoms with Gasteiger partial charge in [-0.25, -0.2) is 4.58 Å². The van der Waals surface area contributed by atoms with E-state index in [0.29, 0.717) is 72.3 Å². The van der Waals surface area contributed by atoms with Gasteiger partial charge in [-0.2, -0.15) is 10.2 Å². The zero-order valence-corrected chi connectivity index (χ0v) is 82.4. The second-order valence-electron chi connectivity index (χ2n) is 36.7. The number of carboxylic acid groups (broad SMARTS) is 1. The summed E-state index contributed by atoms with van der Waals surface area (Å²) in [6.07, 6.45) is 60.2. The van der Waals surface area contributed by atoms with Gasteiger partial charge in [-0.3, -0.25) is 47.6 Å². The maximum atomic E-state index is 16.2. The molecule has 29 heteroatoms. The smallest absolute Gasteiger partial charge is 0.323 e. The van der Waals surface area contributed by atoms with Crippen molar-refractivity contribution in [1.29, 1.82) is 0 Å². The molecule has 1 aliphatic carbocycles. The lowest BCUT2D eigenvalue weighted by atomic mass is 9.90. The van der Waals surface area contributed by atoms with Crippen LogP contribution >= 0.6 is 0 Å². The van der Waals surface area contributed by atoms with Crippen LogP contribution in [0.25, 0.3) is 33.4 Å². The molecule has 5 heterocycles. The number of unbranched alkanes of at least 4 members (excludes halogenated alkanes) is 39. The van der Waals surface area contributed by atoms with E-state index in [2.05, 4.69) is 134 Å². The number of nitrogens with one attached hydrogen (secondary N) is 2. The SMILES string of the molecule is CCCCCCCCCCCCCCCCC1C=C(CN(CC(=O)O)C(=O)CNC(=O)CN(Cc2cn(CCCCCCCCCCCCCCCC)nn2)C(=O)CNC(=O)CN(Cc2cn(CCCCCCCCCCCCCCCC)nn2)C(=O)CN(Cc2cn(CCCN)nn2)C(=O)c2ccccc2-c2c3ccc(=[N+](CC)CC)cc-3oc3cc(N(CC)CC)ccc23)N=N1. The van der Waals surface area contributed by atoms with Crippen LogP contribution in [-0.4, -0.2) is 196 Å². The van der Waals surface area contributed by atoms with E-state index in [-0.39, 0.29) is 37.8 Å². The molecular formula is C104H165N20O9+. The highest BCUT2D eigenvalue weighted by Crippen LogP contribution is 2.43. The van der Waals surface area contributed by atoms with Crippen LogP contribution in [0.3, 0.4) is 0 Å². The fraction of sp³-hybridized carbons (Fsp3) is 0.673. The third-order valence-corrected chi connectivity index (χ3v) is 25.7. The van der Waals surface area contributed by atoms with Gasteiger partial charge >= 0.3 is 5.97 Å². The van der Waals surface area contributed by atoms with Crippen molar-refractivity contribution in [3.8, 4) is 22.5 Å². The number of nitrogens with zero attached hydrogens (tertiary/aromatic N) is 17. The number of aliphatic carboxylic acids is 1. The van der Waals surface area contributed by atoms with E-state index in [4.69, 9.17) is 10.2 Å². The van der Waals surface area contributed by atoms with E-state index < -0.39 is 80.7 Å². The van der Waals surface area contributed by atoms with Crippen molar-refractivity contribution in [2.24, 2.45) is 16.0 Å². The molecule has 8 rings (SSSR count). The number of benzene rings is 3. The van der Waals surface area contributed by atoms with Crippen molar-refractivity contribution >= 4 is 58.1 Å². The highest BCUT2D eigenvalue weighted by molar-refractivity contribution is 6.10. The Hall–Kier alpha value is -10.1. The average Bonchev–Trinajstić information content (AvgIpc) is 0.864. The summed E-state index contributed by atoms with van der Waals surface area (Å²) < 4.78 is 14.3. The number of hydrogen-bond donors (Lipinski definition) is 4. The Bertz CT molecular complexity index is 4630. The van der Waals surface area contributed by atoms with E-state index in [0.717, 1.165) is 136 Å². The number of nitrogens with two attached hydrogens (primary N) is 1. The van der Waals surface area contributed by atoms with E-state index >= 15 is 9.59 Å². The fourth-order valence-electron chi connectivity index (χ4n) is 17.9. The molecule has 0 fully saturated rings. The van der Waals surface area contributed by atoms with Crippen molar-refractivity contribution < 1.29 is 43.1 Å². The lowest BCUT2D eigenvalue weighted by Gasteiger charge is -2.28. The largest absolute Gasteiger partial charge is 0.480 e. The summed E-state index contributed by atoms with van der Waals surface area (Å²) in [6, 6.07) is 19.5. The Morgan fingerprint density at radius 3 is 1.31 bits per heavy atom. The number of hydrogen-bond acceptors (Lipinski definition) is 18. The summed E-state index contributed by atoms with van der Waals surface area (Å²) in [6.45, 7) is 16.0. The van der Waals surface area contributed by atoms with Crippen molar-refractivity contribution in [2.45, 2.75) is 376 Å². The molecule has 2 aliphatic heterocycles. The number of azo groups is 1. The molecule has 0 saturated heterocycles. The molecule has 0 radical (unpaired) electrons. The van der Waals surface area contributed by atoms with Gasteiger partial charge in [0, 0.05) is 72.6 Å². The van der Waals surface area contributed by atoms with Gasteiger partial charge < -0.3 is 50.4 Å². The lowest BCUT2D eigenvalue weighted by Crippen LogP contribution is -2.49. The molecule has 2 aromatic carbocycles. The van der Waals surface area contributed by atoms with E-state index in [1.54, 1.807) is 44.8 Å². The molecule has 3 aliphatic rings. The quantitative estimate of drug-likeness (QED) is 0.0156. The molecular weight excluding hydrogens is 1670 g/mol. The Morgan fingerprint density at radius 2 is 0.865 bits per heavy atom. The summed E-state index contributed by atoms with van der Waals surface area (Å²) in [7, 11) is 0. The first-order valence-corrected chi connectivity index (χ1v) is 51.8. The second-order valence-corrected chi connectivity index (χ2v) is 36.7. The molecule has 1 atom stereocenters. The van der Waals surface area contributed by atoms with Gasteiger partial charge in [0.05, 0.1) is 88.8 Å². The minimum atomic E-state index is -1.25. The standard InChI is InChI=1S/C104H164N20O9/c1-8-15-18-21-24-27-30-33-36-39-42-45-48-51-57-84-68-85(109-108-84)73-120(83-102(130)131)100(128)72-107-97(125)80-118(74-86-77-122(113-110-86)65-54-49-46-43-40-37-34-31-28-25-22-19-16-9-2)99(127)71-106-98(126)81-119(75-87-78-123(114-111-87)66-55-50-47-44-41-38-35-32-29-26-23-20-17-10-3)101(129)82-121(76-88-79-124(115-112-88)67-56-64-105)104(132)92-59-53-52-58-91(92)103-93-62-60-89(116(11-4)12-5)69-95(93)133-96-70-90(61-63-94(96)103)117(13-6)14-7/h52-53,58-63,68-70,77-79,84H,8-51,54-57,64-67,71-76,80-83,105H2,1-7H3,(H2-,106,107,125,126,130,131)/p+1. The molecule has 734 valence electrons. The first-order chi connectivity index (χ1) is 65.0. The number of carboxylic acids is 1. The van der Waals surface area contributed by atoms with Crippen molar-refractivity contribution in [2.75, 3.05) is 83.4 Å². The number of fused-ring (bicyclic) bond motifs is 2. The minimum absolute atomic E-state index is 0.134. The first kappa shape index (κ1) is 108. The van der Waals surface area contributed by atoms with Crippen molar-refractivity contribution in [1.82, 2.24) is 79.8 Å². The summed E-state index contributed by atoms with van der Waals surface area (Å²) in [5, 5.41) is 52.7. The summed E-state index contributed by atoms with van der Waals surface area (Å²) in [5.74, 6) is -4.64. The number of carbonyl (C=O) groups excluding carboxylic acids is 6. The average molecular weight is 1840 g/mol. The van der Waals surface area contributed by atoms with Gasteiger partial charge in [-0.1, -0.05) is 311 Å². The summed E-state index contributed by atoms with van der Waals surface area (Å²) in [4.78, 5) is 110. The Labute approximate surface area is 793 Å². The van der Waals surface area contributed by atoms with Gasteiger partial charge in [0.2, 0.25) is 34.9 Å². The van der Waals surface area contributed by atoms with Crippen LogP contribution in [0, 0.1) is 0 Å². The molecule has 29 nitrogen and oxygen atoms in total. The maximum Gasteiger partial charge on any atom is 0.323 e. The van der Waals surface area contributed by atoms with Crippen LogP contribution in [0.15, 0.2) is 106 Å². The molecule has 0 bridgehead atoms. The predicted octanol–water partition coefficient (Wildman–Crippen LogP) is 19.4. The minimum Gasteiger partial charge on any atom is -0.480 e. The predicted molar refractivity (Wildman–Crippen MR) is 530 cm³/mol. The number of amides is 6. The van der Waals surface area contributed by atoms with Crippen molar-refractivity contribution in [3.63, 3.8) is 0 Å². The molecule has 3 aromatic heterocycles. The van der Waals surface area contributed by atoms with Crippen LogP contribution in [0.1, 0.15) is 358 Å². The lowest BCUT2D eigenvalue weighted by molar-refractivity contribution is -0.144. The van der Waals surface area contributed by atoms with Gasteiger partial charge in [0.15, 0.2) is 0 Å². The summed E-state index contributed by atoms with van der Waals surface area (Å²) >= 11 is 0. The third kappa shape index (κ3) is 40.2. The van der Waals surface area contributed by atoms with Crippen LogP contribution < -0.4 is 31.2 Å². The van der Waals surface area contributed by atoms with Gasteiger partial charge in [-0.15, -0.1) is 15.3 Å². The van der Waals surface area contributed by atoms with E-state index in [9.17, 15) is 29.1 Å². The molecule has 0 saturated carbocycles. The topological polar surface area (TPSA) is 339 Å². The van der Waals surface area contributed by atoms with Gasteiger partial charge in [0.1, 0.15) is 54.6 Å². The normalized spacial score (nSPS) is 12.5. The Balaban J connectivity index is 1.01. The molecule has 6 amide bonds. The fourth-order valence-corrected chi connectivity index (χ4v) is 17.9. The third-order valence-electron chi connectivity index (χ3n) is 25.7.